The minimum Gasteiger partial charge on any atom is -0.309 e. The van der Waals surface area contributed by atoms with E-state index in [0.717, 1.165) is 15.2 Å². The maximum Gasteiger partial charge on any atom is 0.237 e. The molecule has 0 unspecified atom stereocenters. The van der Waals surface area contributed by atoms with E-state index in [4.69, 9.17) is 0 Å². The number of hydrogen-bond acceptors (Lipinski definition) is 6. The average molecular weight is 435 g/mol. The van der Waals surface area contributed by atoms with E-state index in [1.54, 1.807) is 40.5 Å². The van der Waals surface area contributed by atoms with Crippen LogP contribution in [0, 0.1) is 0 Å². The Morgan fingerprint density at radius 2 is 1.82 bits per heavy atom. The maximum atomic E-state index is 12.8. The topological polar surface area (TPSA) is 67.3 Å². The Kier molecular flexibility index (Phi) is 6.42. The summed E-state index contributed by atoms with van der Waals surface area (Å²) in [5, 5.41) is 1.01. The highest BCUT2D eigenvalue weighted by Gasteiger charge is 2.20. The van der Waals surface area contributed by atoms with Gasteiger partial charge in [-0.1, -0.05) is 12.1 Å². The number of hydrogen-bond donors (Lipinski definition) is 0. The lowest BCUT2D eigenvalue weighted by Gasteiger charge is -2.27. The third-order valence-corrected chi connectivity index (χ3v) is 7.39. The van der Waals surface area contributed by atoms with Crippen molar-refractivity contribution in [1.29, 1.82) is 0 Å². The molecule has 0 atom stereocenters. The molecule has 148 valence electrons. The van der Waals surface area contributed by atoms with E-state index in [0.29, 0.717) is 17.2 Å². The molecule has 1 aromatic heterocycles. The minimum atomic E-state index is -3.26. The van der Waals surface area contributed by atoms with Crippen LogP contribution in [-0.4, -0.2) is 37.4 Å². The second-order valence-corrected chi connectivity index (χ2v) is 10.8. The Balaban J connectivity index is 1.66. The van der Waals surface area contributed by atoms with Crippen molar-refractivity contribution in [2.45, 2.75) is 30.5 Å². The number of thiazole rings is 1. The molecule has 1 heterocycles. The lowest BCUT2D eigenvalue weighted by atomic mass is 10.2. The lowest BCUT2D eigenvalue weighted by Crippen LogP contribution is -2.38. The molecule has 0 aliphatic heterocycles. The van der Waals surface area contributed by atoms with Gasteiger partial charge in [-0.15, -0.1) is 23.1 Å². The average Bonchev–Trinajstić information content (AvgIpc) is 3.04. The van der Waals surface area contributed by atoms with Crippen molar-refractivity contribution in [2.75, 3.05) is 16.9 Å². The summed E-state index contributed by atoms with van der Waals surface area (Å²) in [6.45, 7) is 3.89. The number of nitrogens with zero attached hydrogens (tertiary/aromatic N) is 2. The van der Waals surface area contributed by atoms with Crippen LogP contribution in [0.5, 0.6) is 0 Å². The van der Waals surface area contributed by atoms with Crippen LogP contribution < -0.4 is 4.90 Å². The molecule has 3 rings (SSSR count). The van der Waals surface area contributed by atoms with E-state index in [2.05, 4.69) is 4.98 Å². The molecule has 1 amide bonds. The largest absolute Gasteiger partial charge is 0.309 e. The van der Waals surface area contributed by atoms with Crippen LogP contribution in [0.4, 0.5) is 5.69 Å². The first-order valence-corrected chi connectivity index (χ1v) is 12.7. The zero-order valence-corrected chi connectivity index (χ0v) is 18.4. The summed E-state index contributed by atoms with van der Waals surface area (Å²) in [6.07, 6.45) is 1.17. The quantitative estimate of drug-likeness (QED) is 0.552. The van der Waals surface area contributed by atoms with Crippen molar-refractivity contribution in [3.05, 3.63) is 53.5 Å². The van der Waals surface area contributed by atoms with Gasteiger partial charge in [0.1, 0.15) is 5.01 Å². The van der Waals surface area contributed by atoms with E-state index in [1.807, 2.05) is 38.1 Å². The molecule has 8 heteroatoms. The standard InChI is InChI=1S/C20H22N2O3S3/c1-14(2)22(15-8-10-16(11-9-15)28(3,24)25)20(23)13-26-12-19-21-17-6-4-5-7-18(17)27-19/h4-11,14H,12-13H2,1-3H3. The SMILES string of the molecule is CC(C)N(C(=O)CSCc1nc2ccccc2s1)c1ccc(S(C)(=O)=O)cc1. The molecule has 0 bridgehead atoms. The third kappa shape index (κ3) is 4.92. The molecule has 28 heavy (non-hydrogen) atoms. The van der Waals surface area contributed by atoms with E-state index >= 15 is 0 Å². The van der Waals surface area contributed by atoms with E-state index in [9.17, 15) is 13.2 Å². The molecular weight excluding hydrogens is 412 g/mol. The fourth-order valence-corrected chi connectivity index (χ4v) is 5.39. The molecule has 0 radical (unpaired) electrons. The number of thioether (sulfide) groups is 1. The van der Waals surface area contributed by atoms with Gasteiger partial charge < -0.3 is 4.90 Å². The zero-order valence-electron chi connectivity index (χ0n) is 16.0. The van der Waals surface area contributed by atoms with Gasteiger partial charge in [0.15, 0.2) is 9.84 Å². The normalized spacial score (nSPS) is 11.9. The number of para-hydroxylation sites is 1. The van der Waals surface area contributed by atoms with Crippen molar-refractivity contribution in [2.24, 2.45) is 0 Å². The second-order valence-electron chi connectivity index (χ2n) is 6.69. The highest BCUT2D eigenvalue weighted by atomic mass is 32.2. The van der Waals surface area contributed by atoms with E-state index in [1.165, 1.54) is 18.0 Å². The van der Waals surface area contributed by atoms with Crippen molar-refractivity contribution < 1.29 is 13.2 Å². The van der Waals surface area contributed by atoms with Gasteiger partial charge in [-0.05, 0) is 50.2 Å². The van der Waals surface area contributed by atoms with Crippen LogP contribution in [-0.2, 0) is 20.4 Å². The molecular formula is C20H22N2O3S3. The summed E-state index contributed by atoms with van der Waals surface area (Å²) in [7, 11) is -3.26. The Labute approximate surface area is 173 Å². The Morgan fingerprint density at radius 1 is 1.14 bits per heavy atom. The number of amides is 1. The second kappa shape index (κ2) is 8.63. The molecule has 5 nitrogen and oxygen atoms in total. The molecule has 0 aliphatic rings. The summed E-state index contributed by atoms with van der Waals surface area (Å²) >= 11 is 3.19. The first-order valence-electron chi connectivity index (χ1n) is 8.80. The van der Waals surface area contributed by atoms with Crippen LogP contribution in [0.15, 0.2) is 53.4 Å². The highest BCUT2D eigenvalue weighted by Crippen LogP contribution is 2.26. The summed E-state index contributed by atoms with van der Waals surface area (Å²) in [5.41, 5.74) is 1.69. The van der Waals surface area contributed by atoms with Crippen molar-refractivity contribution in [3.63, 3.8) is 0 Å². The van der Waals surface area contributed by atoms with Gasteiger partial charge in [0.25, 0.3) is 0 Å². The number of benzene rings is 2. The van der Waals surface area contributed by atoms with Gasteiger partial charge in [-0.25, -0.2) is 13.4 Å². The van der Waals surface area contributed by atoms with Gasteiger partial charge in [0.2, 0.25) is 5.91 Å². The number of carbonyl (C=O) groups is 1. The summed E-state index contributed by atoms with van der Waals surface area (Å²) in [4.78, 5) is 19.3. The van der Waals surface area contributed by atoms with Crippen LogP contribution >= 0.6 is 23.1 Å². The smallest absolute Gasteiger partial charge is 0.237 e. The van der Waals surface area contributed by atoms with Crippen molar-refractivity contribution >= 4 is 54.7 Å². The van der Waals surface area contributed by atoms with Crippen LogP contribution in [0.3, 0.4) is 0 Å². The van der Waals surface area contributed by atoms with E-state index in [-0.39, 0.29) is 16.8 Å². The summed E-state index contributed by atoms with van der Waals surface area (Å²) < 4.78 is 24.4. The minimum absolute atomic E-state index is 0.00628. The maximum absolute atomic E-state index is 12.8. The van der Waals surface area contributed by atoms with Gasteiger partial charge in [-0.2, -0.15) is 0 Å². The molecule has 0 N–H and O–H groups in total. The number of fused-ring (bicyclic) bond motifs is 1. The number of aromatic nitrogens is 1. The van der Waals surface area contributed by atoms with Crippen molar-refractivity contribution in [1.82, 2.24) is 4.98 Å². The third-order valence-electron chi connectivity index (χ3n) is 4.12. The molecule has 2 aromatic carbocycles. The van der Waals surface area contributed by atoms with Gasteiger partial charge >= 0.3 is 0 Å². The summed E-state index contributed by atoms with van der Waals surface area (Å²) in [6, 6.07) is 14.4. The lowest BCUT2D eigenvalue weighted by molar-refractivity contribution is -0.116. The Morgan fingerprint density at radius 3 is 2.43 bits per heavy atom. The molecule has 0 fully saturated rings. The van der Waals surface area contributed by atoms with Crippen LogP contribution in [0.1, 0.15) is 18.9 Å². The number of rotatable bonds is 7. The first kappa shape index (κ1) is 20.8. The van der Waals surface area contributed by atoms with Crippen LogP contribution in [0.2, 0.25) is 0 Å². The van der Waals surface area contributed by atoms with Crippen molar-refractivity contribution in [3.8, 4) is 0 Å². The Bertz CT molecular complexity index is 1040. The van der Waals surface area contributed by atoms with E-state index < -0.39 is 9.84 Å². The number of carbonyl (C=O) groups excluding carboxylic acids is 1. The fourth-order valence-electron chi connectivity index (χ4n) is 2.86. The molecule has 0 saturated heterocycles. The predicted molar refractivity (Wildman–Crippen MR) is 118 cm³/mol. The Hall–Kier alpha value is -1.90. The monoisotopic (exact) mass is 434 g/mol. The number of anilines is 1. The predicted octanol–water partition coefficient (Wildman–Crippen LogP) is 4.37. The zero-order chi connectivity index (χ0) is 20.3. The molecule has 0 saturated carbocycles. The molecule has 0 spiro atoms. The first-order chi connectivity index (χ1) is 13.3. The highest BCUT2D eigenvalue weighted by molar-refractivity contribution is 7.99. The van der Waals surface area contributed by atoms with Gasteiger partial charge in [0, 0.05) is 23.7 Å². The fraction of sp³-hybridized carbons (Fsp3) is 0.300. The van der Waals surface area contributed by atoms with Gasteiger partial charge in [0.05, 0.1) is 20.9 Å². The molecule has 0 aliphatic carbocycles. The summed E-state index contributed by atoms with van der Waals surface area (Å²) in [5.74, 6) is 1.01. The van der Waals surface area contributed by atoms with Crippen LogP contribution in [0.25, 0.3) is 10.2 Å². The molecule has 3 aromatic rings. The number of sulfone groups is 1. The van der Waals surface area contributed by atoms with Gasteiger partial charge in [-0.3, -0.25) is 4.79 Å².